The highest BCUT2D eigenvalue weighted by Crippen LogP contribution is 2.34. The quantitative estimate of drug-likeness (QED) is 0.842. The Morgan fingerprint density at radius 3 is 2.35 bits per heavy atom. The minimum Gasteiger partial charge on any atom is -0.454 e. The summed E-state index contributed by atoms with van der Waals surface area (Å²) in [7, 11) is 0. The Balaban J connectivity index is 2.47. The van der Waals surface area contributed by atoms with Crippen LogP contribution in [0, 0.1) is 13.8 Å². The smallest absolute Gasteiger partial charge is 0.252 e. The molecule has 0 heterocycles. The van der Waals surface area contributed by atoms with Crippen LogP contribution < -0.4 is 16.2 Å². The van der Waals surface area contributed by atoms with Crippen LogP contribution in [0.3, 0.4) is 0 Å². The van der Waals surface area contributed by atoms with Crippen LogP contribution in [0.5, 0.6) is 11.5 Å². The summed E-state index contributed by atoms with van der Waals surface area (Å²) in [5.41, 5.74) is 13.9. The first-order chi connectivity index (χ1) is 9.40. The summed E-state index contributed by atoms with van der Waals surface area (Å²) < 4.78 is 6.80. The number of benzene rings is 2. The molecule has 0 aliphatic heterocycles. The third-order valence-electron chi connectivity index (χ3n) is 2.94. The molecule has 2 aromatic carbocycles. The first-order valence-corrected chi connectivity index (χ1v) is 6.82. The van der Waals surface area contributed by atoms with Crippen LogP contribution in [0.1, 0.15) is 21.5 Å². The minimum atomic E-state index is -0.571. The number of para-hydroxylation sites is 1. The van der Waals surface area contributed by atoms with Crippen molar-refractivity contribution in [1.29, 1.82) is 0 Å². The molecule has 104 valence electrons. The molecular weight excluding hydrogens is 320 g/mol. The van der Waals surface area contributed by atoms with Gasteiger partial charge in [0.1, 0.15) is 5.75 Å². The third kappa shape index (κ3) is 2.77. The Morgan fingerprint density at radius 1 is 1.20 bits per heavy atom. The minimum absolute atomic E-state index is 0.267. The Kier molecular flexibility index (Phi) is 3.99. The number of anilines is 1. The van der Waals surface area contributed by atoms with E-state index in [1.807, 2.05) is 26.0 Å². The van der Waals surface area contributed by atoms with Crippen molar-refractivity contribution in [2.75, 3.05) is 5.73 Å². The van der Waals surface area contributed by atoms with Gasteiger partial charge in [-0.3, -0.25) is 4.79 Å². The normalized spacial score (nSPS) is 10.3. The number of halogens is 1. The molecule has 4 nitrogen and oxygen atoms in total. The van der Waals surface area contributed by atoms with Crippen LogP contribution in [0.25, 0.3) is 0 Å². The van der Waals surface area contributed by atoms with Gasteiger partial charge in [0.15, 0.2) is 5.75 Å². The zero-order valence-electron chi connectivity index (χ0n) is 11.2. The number of amides is 1. The molecule has 0 aromatic heterocycles. The van der Waals surface area contributed by atoms with E-state index in [0.717, 1.165) is 15.6 Å². The van der Waals surface area contributed by atoms with Gasteiger partial charge in [0.25, 0.3) is 5.91 Å². The van der Waals surface area contributed by atoms with Gasteiger partial charge >= 0.3 is 0 Å². The standard InChI is InChI=1S/C15H15BrN2O2/c1-8-6-10(7-9(2)13(8)16)20-14-11(15(18)19)4-3-5-12(14)17/h3-7H,17H2,1-2H3,(H2,18,19). The topological polar surface area (TPSA) is 78.3 Å². The molecule has 5 heteroatoms. The Bertz CT molecular complexity index is 661. The lowest BCUT2D eigenvalue weighted by Gasteiger charge is -2.13. The first kappa shape index (κ1) is 14.4. The van der Waals surface area contributed by atoms with Crippen LogP contribution in [-0.2, 0) is 0 Å². The van der Waals surface area contributed by atoms with Crippen molar-refractivity contribution >= 4 is 27.5 Å². The predicted molar refractivity (Wildman–Crippen MR) is 83.1 cm³/mol. The van der Waals surface area contributed by atoms with Crippen LogP contribution >= 0.6 is 15.9 Å². The fraction of sp³-hybridized carbons (Fsp3) is 0.133. The lowest BCUT2D eigenvalue weighted by atomic mass is 10.1. The number of rotatable bonds is 3. The van der Waals surface area contributed by atoms with Crippen molar-refractivity contribution in [1.82, 2.24) is 0 Å². The van der Waals surface area contributed by atoms with Crippen LogP contribution in [0.4, 0.5) is 5.69 Å². The maximum atomic E-state index is 11.4. The molecule has 0 atom stereocenters. The predicted octanol–water partition coefficient (Wildman–Crippen LogP) is 3.54. The Hall–Kier alpha value is -2.01. The zero-order chi connectivity index (χ0) is 14.9. The van der Waals surface area contributed by atoms with E-state index in [1.165, 1.54) is 0 Å². The van der Waals surface area contributed by atoms with Gasteiger partial charge in [0.2, 0.25) is 0 Å². The van der Waals surface area contributed by atoms with Crippen molar-refractivity contribution in [3.05, 3.63) is 51.5 Å². The maximum Gasteiger partial charge on any atom is 0.252 e. The molecule has 0 aliphatic carbocycles. The van der Waals surface area contributed by atoms with E-state index < -0.39 is 5.91 Å². The molecule has 1 amide bonds. The SMILES string of the molecule is Cc1cc(Oc2c(N)cccc2C(N)=O)cc(C)c1Br. The maximum absolute atomic E-state index is 11.4. The fourth-order valence-electron chi connectivity index (χ4n) is 1.95. The van der Waals surface area contributed by atoms with Crippen molar-refractivity contribution in [3.8, 4) is 11.5 Å². The van der Waals surface area contributed by atoms with E-state index in [0.29, 0.717) is 17.2 Å². The van der Waals surface area contributed by atoms with Gasteiger partial charge in [0.05, 0.1) is 11.3 Å². The second-order valence-corrected chi connectivity index (χ2v) is 5.35. The van der Waals surface area contributed by atoms with E-state index in [9.17, 15) is 4.79 Å². The fourth-order valence-corrected chi connectivity index (χ4v) is 2.17. The highest BCUT2D eigenvalue weighted by Gasteiger charge is 2.14. The monoisotopic (exact) mass is 334 g/mol. The molecule has 0 radical (unpaired) electrons. The van der Waals surface area contributed by atoms with E-state index in [4.69, 9.17) is 16.2 Å². The molecule has 0 saturated heterocycles. The van der Waals surface area contributed by atoms with Gasteiger partial charge in [-0.25, -0.2) is 0 Å². The molecule has 0 unspecified atom stereocenters. The molecule has 2 rings (SSSR count). The number of primary amides is 1. The number of carbonyl (C=O) groups is 1. The molecular formula is C15H15BrN2O2. The highest BCUT2D eigenvalue weighted by atomic mass is 79.9. The highest BCUT2D eigenvalue weighted by molar-refractivity contribution is 9.10. The van der Waals surface area contributed by atoms with Gasteiger partial charge in [-0.1, -0.05) is 22.0 Å². The summed E-state index contributed by atoms with van der Waals surface area (Å²) in [5.74, 6) is 0.336. The van der Waals surface area contributed by atoms with Gasteiger partial charge < -0.3 is 16.2 Å². The van der Waals surface area contributed by atoms with E-state index in [-0.39, 0.29) is 5.56 Å². The van der Waals surface area contributed by atoms with Crippen molar-refractivity contribution in [2.24, 2.45) is 5.73 Å². The number of nitrogen functional groups attached to an aromatic ring is 1. The number of nitrogens with two attached hydrogens (primary N) is 2. The summed E-state index contributed by atoms with van der Waals surface area (Å²) >= 11 is 3.50. The van der Waals surface area contributed by atoms with Gasteiger partial charge in [-0.05, 0) is 49.2 Å². The van der Waals surface area contributed by atoms with E-state index >= 15 is 0 Å². The van der Waals surface area contributed by atoms with Gasteiger partial charge in [0, 0.05) is 4.47 Å². The van der Waals surface area contributed by atoms with E-state index in [2.05, 4.69) is 15.9 Å². The van der Waals surface area contributed by atoms with Crippen molar-refractivity contribution in [3.63, 3.8) is 0 Å². The van der Waals surface area contributed by atoms with E-state index in [1.54, 1.807) is 18.2 Å². The summed E-state index contributed by atoms with van der Waals surface area (Å²) in [6.45, 7) is 3.93. The van der Waals surface area contributed by atoms with Crippen molar-refractivity contribution in [2.45, 2.75) is 13.8 Å². The molecule has 0 fully saturated rings. The number of carbonyl (C=O) groups excluding carboxylic acids is 1. The first-order valence-electron chi connectivity index (χ1n) is 6.03. The number of ether oxygens (including phenoxy) is 1. The number of hydrogen-bond donors (Lipinski definition) is 2. The molecule has 0 saturated carbocycles. The Morgan fingerprint density at radius 2 is 1.80 bits per heavy atom. The summed E-state index contributed by atoms with van der Waals surface area (Å²) in [5, 5.41) is 0. The van der Waals surface area contributed by atoms with Crippen molar-refractivity contribution < 1.29 is 9.53 Å². The third-order valence-corrected chi connectivity index (χ3v) is 4.19. The summed E-state index contributed by atoms with van der Waals surface area (Å²) in [6.07, 6.45) is 0. The molecule has 0 aliphatic rings. The Labute approximate surface area is 125 Å². The zero-order valence-corrected chi connectivity index (χ0v) is 12.8. The van der Waals surface area contributed by atoms with Gasteiger partial charge in [-0.15, -0.1) is 0 Å². The molecule has 20 heavy (non-hydrogen) atoms. The largest absolute Gasteiger partial charge is 0.454 e. The summed E-state index contributed by atoms with van der Waals surface area (Å²) in [6, 6.07) is 8.66. The van der Waals surface area contributed by atoms with Crippen LogP contribution in [0.2, 0.25) is 0 Å². The number of hydrogen-bond acceptors (Lipinski definition) is 3. The molecule has 0 bridgehead atoms. The summed E-state index contributed by atoms with van der Waals surface area (Å²) in [4.78, 5) is 11.4. The second-order valence-electron chi connectivity index (χ2n) is 4.56. The molecule has 4 N–H and O–H groups in total. The lowest BCUT2D eigenvalue weighted by molar-refractivity contribution is 0.0998. The average molecular weight is 335 g/mol. The molecule has 2 aromatic rings. The average Bonchev–Trinajstić information content (AvgIpc) is 2.38. The van der Waals surface area contributed by atoms with Crippen LogP contribution in [0.15, 0.2) is 34.8 Å². The number of aryl methyl sites for hydroxylation is 2. The van der Waals surface area contributed by atoms with Crippen LogP contribution in [-0.4, -0.2) is 5.91 Å². The second kappa shape index (κ2) is 5.54. The molecule has 0 spiro atoms. The van der Waals surface area contributed by atoms with Gasteiger partial charge in [-0.2, -0.15) is 0 Å². The lowest BCUT2D eigenvalue weighted by Crippen LogP contribution is -2.13.